The molecule has 0 bridgehead atoms. The molecule has 0 aliphatic rings. The van der Waals surface area contributed by atoms with Gasteiger partial charge in [-0.15, -0.1) is 0 Å². The minimum Gasteiger partial charge on any atom is -0.481 e. The predicted octanol–water partition coefficient (Wildman–Crippen LogP) is 2.44. The number of rotatable bonds is 3. The van der Waals surface area contributed by atoms with Crippen LogP contribution in [-0.4, -0.2) is 21.0 Å². The van der Waals surface area contributed by atoms with Crippen LogP contribution in [0.2, 0.25) is 0 Å². The number of hydrogen-bond acceptors (Lipinski definition) is 2. The third-order valence-corrected chi connectivity index (χ3v) is 2.79. The summed E-state index contributed by atoms with van der Waals surface area (Å²) in [5.74, 6) is -0.435. The van der Waals surface area contributed by atoms with Crippen LogP contribution in [0.5, 0.6) is 0 Å². The number of aromatic amines is 1. The summed E-state index contributed by atoms with van der Waals surface area (Å²) in [6.07, 6.45) is 1.66. The summed E-state index contributed by atoms with van der Waals surface area (Å²) in [7, 11) is 0. The quantitative estimate of drug-likeness (QED) is 0.851. The van der Waals surface area contributed by atoms with E-state index < -0.39 is 11.4 Å². The maximum Gasteiger partial charge on any atom is 0.316 e. The average molecular weight is 230 g/mol. The number of aliphatic carboxylic acids is 1. The maximum atomic E-state index is 11.1. The first-order valence-electron chi connectivity index (χ1n) is 5.36. The summed E-state index contributed by atoms with van der Waals surface area (Å²) in [5.41, 5.74) is 0.815. The fourth-order valence-corrected chi connectivity index (χ4v) is 1.50. The zero-order valence-electron chi connectivity index (χ0n) is 9.77. The second-order valence-electron chi connectivity index (χ2n) is 4.44. The number of nitrogens with one attached hydrogen (secondary N) is 1. The Morgan fingerprint density at radius 1 is 1.29 bits per heavy atom. The molecule has 1 aromatic carbocycles. The number of carboxylic acid groups (broad SMARTS) is 1. The molecule has 2 N–H and O–H groups in total. The summed E-state index contributed by atoms with van der Waals surface area (Å²) in [6.45, 7) is 3.26. The van der Waals surface area contributed by atoms with E-state index in [9.17, 15) is 4.79 Å². The van der Waals surface area contributed by atoms with Crippen LogP contribution >= 0.6 is 0 Å². The molecule has 0 saturated heterocycles. The summed E-state index contributed by atoms with van der Waals surface area (Å²) in [5, 5.41) is 9.11. The van der Waals surface area contributed by atoms with E-state index in [4.69, 9.17) is 5.11 Å². The molecular formula is C13H14N2O2. The third-order valence-electron chi connectivity index (χ3n) is 2.79. The zero-order valence-corrected chi connectivity index (χ0v) is 9.77. The monoisotopic (exact) mass is 230 g/mol. The number of hydrogen-bond donors (Lipinski definition) is 2. The molecule has 88 valence electrons. The smallest absolute Gasteiger partial charge is 0.316 e. The zero-order chi connectivity index (χ0) is 12.5. The third kappa shape index (κ3) is 2.06. The van der Waals surface area contributed by atoms with Crippen LogP contribution in [0, 0.1) is 0 Å². The van der Waals surface area contributed by atoms with Crippen molar-refractivity contribution in [2.75, 3.05) is 0 Å². The first-order valence-corrected chi connectivity index (χ1v) is 5.36. The Kier molecular flexibility index (Phi) is 2.71. The lowest BCUT2D eigenvalue weighted by Gasteiger charge is -2.15. The highest BCUT2D eigenvalue weighted by atomic mass is 16.4. The standard InChI is InChI=1S/C13H14N2O2/c1-13(2,12(16)17)11-14-8-10(15-11)9-6-4-3-5-7-9/h3-8H,1-2H3,(H,14,15)(H,16,17). The van der Waals surface area contributed by atoms with Gasteiger partial charge < -0.3 is 10.1 Å². The van der Waals surface area contributed by atoms with Gasteiger partial charge in [-0.1, -0.05) is 30.3 Å². The SMILES string of the molecule is CC(C)(C(=O)O)c1ncc(-c2ccccc2)[nH]1. The van der Waals surface area contributed by atoms with Crippen LogP contribution in [0.1, 0.15) is 19.7 Å². The number of imidazole rings is 1. The summed E-state index contributed by atoms with van der Waals surface area (Å²) in [6, 6.07) is 9.69. The van der Waals surface area contributed by atoms with Crippen LogP contribution < -0.4 is 0 Å². The molecule has 4 heteroatoms. The fraction of sp³-hybridized carbons (Fsp3) is 0.231. The highest BCUT2D eigenvalue weighted by molar-refractivity contribution is 5.79. The minimum absolute atomic E-state index is 0.462. The van der Waals surface area contributed by atoms with Crippen molar-refractivity contribution in [1.29, 1.82) is 0 Å². The van der Waals surface area contributed by atoms with Crippen LogP contribution in [0.3, 0.4) is 0 Å². The Balaban J connectivity index is 2.38. The second kappa shape index (κ2) is 4.05. The Labute approximate surface area is 99.3 Å². The van der Waals surface area contributed by atoms with Gasteiger partial charge in [-0.05, 0) is 19.4 Å². The van der Waals surface area contributed by atoms with Crippen molar-refractivity contribution in [2.24, 2.45) is 0 Å². The first-order chi connectivity index (χ1) is 8.01. The number of H-pyrrole nitrogens is 1. The van der Waals surface area contributed by atoms with E-state index >= 15 is 0 Å². The molecule has 0 atom stereocenters. The molecule has 1 aromatic heterocycles. The Hall–Kier alpha value is -2.10. The fourth-order valence-electron chi connectivity index (χ4n) is 1.50. The maximum absolute atomic E-state index is 11.1. The van der Waals surface area contributed by atoms with Gasteiger partial charge in [0.15, 0.2) is 0 Å². The molecule has 0 aliphatic carbocycles. The van der Waals surface area contributed by atoms with E-state index in [1.165, 1.54) is 0 Å². The molecule has 0 unspecified atom stereocenters. The Morgan fingerprint density at radius 2 is 1.94 bits per heavy atom. The predicted molar refractivity (Wildman–Crippen MR) is 64.7 cm³/mol. The molecule has 1 heterocycles. The lowest BCUT2D eigenvalue weighted by atomic mass is 9.93. The summed E-state index contributed by atoms with van der Waals surface area (Å²) >= 11 is 0. The molecular weight excluding hydrogens is 216 g/mol. The highest BCUT2D eigenvalue weighted by Crippen LogP contribution is 2.24. The molecule has 4 nitrogen and oxygen atoms in total. The molecule has 0 amide bonds. The summed E-state index contributed by atoms with van der Waals surface area (Å²) in [4.78, 5) is 18.3. The van der Waals surface area contributed by atoms with Gasteiger partial charge in [0.1, 0.15) is 11.2 Å². The van der Waals surface area contributed by atoms with E-state index in [2.05, 4.69) is 9.97 Å². The largest absolute Gasteiger partial charge is 0.481 e. The van der Waals surface area contributed by atoms with E-state index in [1.807, 2.05) is 30.3 Å². The van der Waals surface area contributed by atoms with Crippen LogP contribution in [0.25, 0.3) is 11.3 Å². The van der Waals surface area contributed by atoms with Crippen LogP contribution in [-0.2, 0) is 10.2 Å². The van der Waals surface area contributed by atoms with E-state index in [1.54, 1.807) is 20.0 Å². The van der Waals surface area contributed by atoms with E-state index in [0.717, 1.165) is 11.3 Å². The molecule has 0 fully saturated rings. The lowest BCUT2D eigenvalue weighted by molar-refractivity contribution is -0.142. The van der Waals surface area contributed by atoms with Gasteiger partial charge in [0, 0.05) is 0 Å². The van der Waals surface area contributed by atoms with Gasteiger partial charge in [0.05, 0.1) is 11.9 Å². The van der Waals surface area contributed by atoms with Crippen molar-refractivity contribution >= 4 is 5.97 Å². The molecule has 2 aromatic rings. The number of carboxylic acids is 1. The van der Waals surface area contributed by atoms with Crippen molar-refractivity contribution < 1.29 is 9.90 Å². The lowest BCUT2D eigenvalue weighted by Crippen LogP contribution is -2.29. The van der Waals surface area contributed by atoms with Crippen molar-refractivity contribution in [2.45, 2.75) is 19.3 Å². The summed E-state index contributed by atoms with van der Waals surface area (Å²) < 4.78 is 0. The van der Waals surface area contributed by atoms with E-state index in [0.29, 0.717) is 5.82 Å². The number of carbonyl (C=O) groups is 1. The molecule has 0 saturated carbocycles. The van der Waals surface area contributed by atoms with Gasteiger partial charge in [-0.25, -0.2) is 4.98 Å². The average Bonchev–Trinajstić information content (AvgIpc) is 2.80. The van der Waals surface area contributed by atoms with Crippen molar-refractivity contribution in [3.8, 4) is 11.3 Å². The van der Waals surface area contributed by atoms with Gasteiger partial charge in [-0.2, -0.15) is 0 Å². The number of benzene rings is 1. The van der Waals surface area contributed by atoms with E-state index in [-0.39, 0.29) is 0 Å². The number of aromatic nitrogens is 2. The van der Waals surface area contributed by atoms with Crippen LogP contribution in [0.4, 0.5) is 0 Å². The molecule has 17 heavy (non-hydrogen) atoms. The molecule has 0 spiro atoms. The molecule has 2 rings (SSSR count). The molecule has 0 aliphatic heterocycles. The second-order valence-corrected chi connectivity index (χ2v) is 4.44. The highest BCUT2D eigenvalue weighted by Gasteiger charge is 2.32. The molecule has 0 radical (unpaired) electrons. The topological polar surface area (TPSA) is 66.0 Å². The Bertz CT molecular complexity index is 529. The van der Waals surface area contributed by atoms with Crippen molar-refractivity contribution in [1.82, 2.24) is 9.97 Å². The normalized spacial score (nSPS) is 11.4. The van der Waals surface area contributed by atoms with Crippen molar-refractivity contribution in [3.63, 3.8) is 0 Å². The van der Waals surface area contributed by atoms with Gasteiger partial charge in [0.25, 0.3) is 0 Å². The number of nitrogens with zero attached hydrogens (tertiary/aromatic N) is 1. The van der Waals surface area contributed by atoms with Gasteiger partial charge in [0.2, 0.25) is 0 Å². The van der Waals surface area contributed by atoms with Gasteiger partial charge in [-0.3, -0.25) is 4.79 Å². The first kappa shape index (κ1) is 11.4. The Morgan fingerprint density at radius 3 is 2.53 bits per heavy atom. The van der Waals surface area contributed by atoms with Crippen LogP contribution in [0.15, 0.2) is 36.5 Å². The van der Waals surface area contributed by atoms with Gasteiger partial charge >= 0.3 is 5.97 Å². The minimum atomic E-state index is -1.01. The van der Waals surface area contributed by atoms with Crippen molar-refractivity contribution in [3.05, 3.63) is 42.4 Å².